The van der Waals surface area contributed by atoms with Crippen molar-refractivity contribution in [2.75, 3.05) is 0 Å². The molecule has 0 saturated heterocycles. The summed E-state index contributed by atoms with van der Waals surface area (Å²) in [5, 5.41) is 0. The average Bonchev–Trinajstić information content (AvgIpc) is 1.86. The summed E-state index contributed by atoms with van der Waals surface area (Å²) >= 11 is 0. The molecule has 0 aromatic carbocycles. The standard InChI is InChI=1S/C8H19N/c1-5-8(9,6-2)7(3)4/h7H,5-6,9H2,1-4H3/p+1. The van der Waals surface area contributed by atoms with Gasteiger partial charge in [-0.2, -0.15) is 0 Å². The Morgan fingerprint density at radius 2 is 1.56 bits per heavy atom. The highest BCUT2D eigenvalue weighted by Crippen LogP contribution is 2.18. The van der Waals surface area contributed by atoms with Crippen LogP contribution >= 0.6 is 0 Å². The summed E-state index contributed by atoms with van der Waals surface area (Å²) in [5.74, 6) is 0.715. The van der Waals surface area contributed by atoms with Crippen LogP contribution in [0, 0.1) is 5.92 Å². The van der Waals surface area contributed by atoms with Crippen molar-refractivity contribution >= 4 is 0 Å². The number of rotatable bonds is 3. The second kappa shape index (κ2) is 3.21. The van der Waals surface area contributed by atoms with E-state index in [0.717, 1.165) is 0 Å². The van der Waals surface area contributed by atoms with Gasteiger partial charge in [0.05, 0.1) is 5.54 Å². The van der Waals surface area contributed by atoms with Crippen LogP contribution in [0.1, 0.15) is 40.5 Å². The van der Waals surface area contributed by atoms with Crippen LogP contribution in [0.4, 0.5) is 0 Å². The van der Waals surface area contributed by atoms with Crippen LogP contribution < -0.4 is 5.73 Å². The maximum Gasteiger partial charge on any atom is 0.0963 e. The first-order valence-corrected chi connectivity index (χ1v) is 3.92. The van der Waals surface area contributed by atoms with E-state index in [1.54, 1.807) is 0 Å². The van der Waals surface area contributed by atoms with Crippen LogP contribution in [-0.4, -0.2) is 5.54 Å². The summed E-state index contributed by atoms with van der Waals surface area (Å²) in [4.78, 5) is 0. The highest BCUT2D eigenvalue weighted by Gasteiger charge is 2.28. The van der Waals surface area contributed by atoms with E-state index < -0.39 is 0 Å². The lowest BCUT2D eigenvalue weighted by Crippen LogP contribution is -2.74. The number of hydrogen-bond donors (Lipinski definition) is 1. The zero-order valence-electron chi connectivity index (χ0n) is 7.20. The van der Waals surface area contributed by atoms with Gasteiger partial charge in [-0.15, -0.1) is 0 Å². The Hall–Kier alpha value is -0.0400. The third-order valence-corrected chi connectivity index (χ3v) is 2.63. The Morgan fingerprint density at radius 3 is 1.56 bits per heavy atom. The van der Waals surface area contributed by atoms with Crippen molar-refractivity contribution in [2.24, 2.45) is 5.92 Å². The molecule has 0 aliphatic rings. The zero-order chi connectivity index (χ0) is 7.49. The lowest BCUT2D eigenvalue weighted by atomic mass is 9.83. The Balaban J connectivity index is 3.92. The first-order valence-electron chi connectivity index (χ1n) is 3.92. The zero-order valence-corrected chi connectivity index (χ0v) is 7.20. The molecule has 0 atom stereocenters. The molecular weight excluding hydrogens is 110 g/mol. The van der Waals surface area contributed by atoms with Gasteiger partial charge in [0, 0.05) is 5.92 Å². The van der Waals surface area contributed by atoms with Crippen molar-refractivity contribution in [3.05, 3.63) is 0 Å². The number of hydrogen-bond acceptors (Lipinski definition) is 0. The molecule has 0 fully saturated rings. The van der Waals surface area contributed by atoms with E-state index in [1.807, 2.05) is 0 Å². The molecule has 0 bridgehead atoms. The normalized spacial score (nSPS) is 12.7. The van der Waals surface area contributed by atoms with Gasteiger partial charge in [-0.3, -0.25) is 0 Å². The summed E-state index contributed by atoms with van der Waals surface area (Å²) in [6.45, 7) is 8.94. The van der Waals surface area contributed by atoms with Gasteiger partial charge in [-0.1, -0.05) is 27.7 Å². The summed E-state index contributed by atoms with van der Waals surface area (Å²) in [6, 6.07) is 0. The minimum atomic E-state index is 0.333. The fourth-order valence-electron chi connectivity index (χ4n) is 1.07. The largest absolute Gasteiger partial charge is 0.353 e. The Morgan fingerprint density at radius 1 is 1.22 bits per heavy atom. The third-order valence-electron chi connectivity index (χ3n) is 2.63. The summed E-state index contributed by atoms with van der Waals surface area (Å²) in [5.41, 5.74) is 4.54. The summed E-state index contributed by atoms with van der Waals surface area (Å²) in [7, 11) is 0. The summed E-state index contributed by atoms with van der Waals surface area (Å²) in [6.07, 6.45) is 2.39. The van der Waals surface area contributed by atoms with Crippen molar-refractivity contribution in [1.29, 1.82) is 0 Å². The van der Waals surface area contributed by atoms with Crippen LogP contribution in [0.2, 0.25) is 0 Å². The van der Waals surface area contributed by atoms with Crippen molar-refractivity contribution in [2.45, 2.75) is 46.1 Å². The Labute approximate surface area is 58.6 Å². The molecule has 0 aliphatic heterocycles. The maximum atomic E-state index is 4.21. The van der Waals surface area contributed by atoms with Gasteiger partial charge in [0.15, 0.2) is 0 Å². The fraction of sp³-hybridized carbons (Fsp3) is 1.00. The molecule has 1 heteroatoms. The molecule has 56 valence electrons. The molecule has 0 radical (unpaired) electrons. The first kappa shape index (κ1) is 8.96. The van der Waals surface area contributed by atoms with Gasteiger partial charge in [-0.05, 0) is 12.8 Å². The Bertz CT molecular complexity index is 72.6. The second-order valence-corrected chi connectivity index (χ2v) is 3.22. The smallest absolute Gasteiger partial charge is 0.0963 e. The van der Waals surface area contributed by atoms with E-state index in [0.29, 0.717) is 11.5 Å². The molecule has 0 heterocycles. The fourth-order valence-corrected chi connectivity index (χ4v) is 1.07. The van der Waals surface area contributed by atoms with E-state index in [2.05, 4.69) is 33.4 Å². The quantitative estimate of drug-likeness (QED) is 0.599. The van der Waals surface area contributed by atoms with E-state index in [9.17, 15) is 0 Å². The molecule has 0 spiro atoms. The van der Waals surface area contributed by atoms with Crippen molar-refractivity contribution in [3.8, 4) is 0 Å². The van der Waals surface area contributed by atoms with Crippen LogP contribution in [0.3, 0.4) is 0 Å². The molecule has 1 nitrogen and oxygen atoms in total. The van der Waals surface area contributed by atoms with Crippen LogP contribution in [0.15, 0.2) is 0 Å². The molecule has 0 amide bonds. The monoisotopic (exact) mass is 130 g/mol. The molecule has 0 aromatic rings. The highest BCUT2D eigenvalue weighted by atomic mass is 14.7. The third kappa shape index (κ3) is 1.98. The first-order chi connectivity index (χ1) is 4.06. The molecule has 3 N–H and O–H groups in total. The second-order valence-electron chi connectivity index (χ2n) is 3.22. The Kier molecular flexibility index (Phi) is 3.20. The van der Waals surface area contributed by atoms with Gasteiger partial charge in [0.25, 0.3) is 0 Å². The lowest BCUT2D eigenvalue weighted by Gasteiger charge is -2.26. The van der Waals surface area contributed by atoms with Crippen LogP contribution in [0.25, 0.3) is 0 Å². The van der Waals surface area contributed by atoms with Crippen LogP contribution in [0.5, 0.6) is 0 Å². The average molecular weight is 130 g/mol. The SMILES string of the molecule is CCC([NH3+])(CC)C(C)C. The molecule has 0 saturated carbocycles. The summed E-state index contributed by atoms with van der Waals surface area (Å²) < 4.78 is 0. The van der Waals surface area contributed by atoms with Gasteiger partial charge in [0.1, 0.15) is 0 Å². The molecule has 0 aliphatic carbocycles. The molecule has 0 rings (SSSR count). The van der Waals surface area contributed by atoms with Gasteiger partial charge in [-0.25, -0.2) is 0 Å². The van der Waals surface area contributed by atoms with E-state index in [4.69, 9.17) is 0 Å². The molecular formula is C8H20N+. The predicted molar refractivity (Wildman–Crippen MR) is 41.0 cm³/mol. The highest BCUT2D eigenvalue weighted by molar-refractivity contribution is 4.75. The maximum absolute atomic E-state index is 4.21. The van der Waals surface area contributed by atoms with Gasteiger partial charge < -0.3 is 5.73 Å². The molecule has 9 heavy (non-hydrogen) atoms. The van der Waals surface area contributed by atoms with Crippen molar-refractivity contribution < 1.29 is 5.73 Å². The van der Waals surface area contributed by atoms with Crippen molar-refractivity contribution in [1.82, 2.24) is 0 Å². The van der Waals surface area contributed by atoms with Gasteiger partial charge >= 0.3 is 0 Å². The number of quaternary nitrogens is 1. The lowest BCUT2D eigenvalue weighted by molar-refractivity contribution is -0.492. The topological polar surface area (TPSA) is 27.6 Å². The van der Waals surface area contributed by atoms with E-state index in [-0.39, 0.29) is 0 Å². The minimum absolute atomic E-state index is 0.333. The van der Waals surface area contributed by atoms with E-state index in [1.165, 1.54) is 12.8 Å². The predicted octanol–water partition coefficient (Wildman–Crippen LogP) is 1.44. The van der Waals surface area contributed by atoms with E-state index >= 15 is 0 Å². The van der Waals surface area contributed by atoms with Gasteiger partial charge in [0.2, 0.25) is 0 Å². The van der Waals surface area contributed by atoms with Crippen LogP contribution in [-0.2, 0) is 0 Å². The van der Waals surface area contributed by atoms with Crippen molar-refractivity contribution in [3.63, 3.8) is 0 Å². The molecule has 0 aromatic heterocycles. The molecule has 0 unspecified atom stereocenters. The minimum Gasteiger partial charge on any atom is -0.353 e.